The standard InChI is InChI=1S/C24H31NO5S/c1-7-24(2,3)15-8-9-18-19(12-15)31-22(20(18)23(27)30-6)25-21(26)14-10-16(28-4)13-17(11-14)29-5/h10-11,13,15H,7-9,12H2,1-6H3,(H,25,26). The Balaban J connectivity index is 1.95. The molecule has 6 nitrogen and oxygen atoms in total. The molecule has 1 heterocycles. The molecule has 0 saturated carbocycles. The van der Waals surface area contributed by atoms with E-state index in [2.05, 4.69) is 26.1 Å². The van der Waals surface area contributed by atoms with Crippen molar-refractivity contribution in [3.8, 4) is 11.5 Å². The third-order valence-electron chi connectivity index (χ3n) is 6.51. The van der Waals surface area contributed by atoms with E-state index in [0.29, 0.717) is 33.5 Å². The van der Waals surface area contributed by atoms with Crippen molar-refractivity contribution in [2.45, 2.75) is 46.5 Å². The Morgan fingerprint density at radius 3 is 2.32 bits per heavy atom. The minimum absolute atomic E-state index is 0.230. The van der Waals surface area contributed by atoms with Gasteiger partial charge in [-0.15, -0.1) is 11.3 Å². The van der Waals surface area contributed by atoms with Crippen LogP contribution in [0.15, 0.2) is 18.2 Å². The van der Waals surface area contributed by atoms with Gasteiger partial charge in [0, 0.05) is 16.5 Å². The van der Waals surface area contributed by atoms with Crippen LogP contribution in [0.4, 0.5) is 5.00 Å². The van der Waals surface area contributed by atoms with Crippen molar-refractivity contribution in [3.63, 3.8) is 0 Å². The molecule has 0 spiro atoms. The summed E-state index contributed by atoms with van der Waals surface area (Å²) in [6, 6.07) is 4.99. The SMILES string of the molecule is CCC(C)(C)C1CCc2c(sc(NC(=O)c3cc(OC)cc(OC)c3)c2C(=O)OC)C1. The van der Waals surface area contributed by atoms with Crippen molar-refractivity contribution in [2.24, 2.45) is 11.3 Å². The predicted molar refractivity (Wildman–Crippen MR) is 123 cm³/mol. The highest BCUT2D eigenvalue weighted by molar-refractivity contribution is 7.17. The van der Waals surface area contributed by atoms with E-state index in [4.69, 9.17) is 14.2 Å². The van der Waals surface area contributed by atoms with Crippen LogP contribution >= 0.6 is 11.3 Å². The van der Waals surface area contributed by atoms with Crippen LogP contribution in [0.1, 0.15) is 64.8 Å². The number of hydrogen-bond acceptors (Lipinski definition) is 6. The lowest BCUT2D eigenvalue weighted by molar-refractivity contribution is 0.0600. The third kappa shape index (κ3) is 4.71. The van der Waals surface area contributed by atoms with E-state index in [1.807, 2.05) is 0 Å². The number of methoxy groups -OCH3 is 3. The lowest BCUT2D eigenvalue weighted by Gasteiger charge is -2.36. The van der Waals surface area contributed by atoms with Gasteiger partial charge in [0.25, 0.3) is 5.91 Å². The van der Waals surface area contributed by atoms with Gasteiger partial charge in [0.15, 0.2) is 0 Å². The number of ether oxygens (including phenoxy) is 3. The summed E-state index contributed by atoms with van der Waals surface area (Å²) in [5, 5.41) is 3.48. The van der Waals surface area contributed by atoms with Crippen molar-refractivity contribution in [3.05, 3.63) is 39.8 Å². The molecule has 1 N–H and O–H groups in total. The topological polar surface area (TPSA) is 73.9 Å². The van der Waals surface area contributed by atoms with Gasteiger partial charge < -0.3 is 19.5 Å². The first-order chi connectivity index (χ1) is 14.7. The summed E-state index contributed by atoms with van der Waals surface area (Å²) in [7, 11) is 4.44. The van der Waals surface area contributed by atoms with Crippen molar-refractivity contribution in [1.82, 2.24) is 0 Å². The van der Waals surface area contributed by atoms with Gasteiger partial charge in [0.05, 0.1) is 26.9 Å². The molecule has 1 aromatic carbocycles. The van der Waals surface area contributed by atoms with Crippen LogP contribution in [0.3, 0.4) is 0 Å². The summed E-state index contributed by atoms with van der Waals surface area (Å²) in [6.07, 6.45) is 3.85. The Labute approximate surface area is 187 Å². The van der Waals surface area contributed by atoms with E-state index in [9.17, 15) is 9.59 Å². The van der Waals surface area contributed by atoms with Crippen molar-refractivity contribution >= 4 is 28.2 Å². The maximum atomic E-state index is 13.0. The molecule has 31 heavy (non-hydrogen) atoms. The number of rotatable bonds is 7. The molecule has 0 fully saturated rings. The number of thiophene rings is 1. The Bertz CT molecular complexity index is 956. The zero-order valence-electron chi connectivity index (χ0n) is 19.1. The second-order valence-electron chi connectivity index (χ2n) is 8.54. The molecule has 7 heteroatoms. The van der Waals surface area contributed by atoms with Crippen molar-refractivity contribution in [2.75, 3.05) is 26.6 Å². The van der Waals surface area contributed by atoms with Crippen molar-refractivity contribution < 1.29 is 23.8 Å². The van der Waals surface area contributed by atoms with E-state index in [1.54, 1.807) is 18.2 Å². The fraction of sp³-hybridized carbons (Fsp3) is 0.500. The lowest BCUT2D eigenvalue weighted by atomic mass is 9.69. The Morgan fingerprint density at radius 2 is 1.77 bits per heavy atom. The van der Waals surface area contributed by atoms with Gasteiger partial charge in [0.1, 0.15) is 16.5 Å². The zero-order valence-corrected chi connectivity index (χ0v) is 19.9. The second kappa shape index (κ2) is 9.30. The van der Waals surface area contributed by atoms with E-state index in [0.717, 1.165) is 36.1 Å². The molecular formula is C24H31NO5S. The Kier molecular flexibility index (Phi) is 6.94. The summed E-state index contributed by atoms with van der Waals surface area (Å²) in [4.78, 5) is 26.8. The number of anilines is 1. The minimum Gasteiger partial charge on any atom is -0.497 e. The molecule has 0 saturated heterocycles. The number of esters is 1. The number of nitrogens with one attached hydrogen (secondary N) is 1. The highest BCUT2D eigenvalue weighted by Crippen LogP contribution is 2.45. The smallest absolute Gasteiger partial charge is 0.341 e. The summed E-state index contributed by atoms with van der Waals surface area (Å²) in [6.45, 7) is 6.82. The van der Waals surface area contributed by atoms with Gasteiger partial charge in [-0.05, 0) is 48.3 Å². The molecule has 1 aliphatic carbocycles. The Hall–Kier alpha value is -2.54. The largest absolute Gasteiger partial charge is 0.497 e. The van der Waals surface area contributed by atoms with Crippen LogP contribution in [0.5, 0.6) is 11.5 Å². The van der Waals surface area contributed by atoms with Gasteiger partial charge in [-0.2, -0.15) is 0 Å². The van der Waals surface area contributed by atoms with E-state index in [1.165, 1.54) is 32.7 Å². The van der Waals surface area contributed by atoms with Crippen LogP contribution in [0, 0.1) is 11.3 Å². The summed E-state index contributed by atoms with van der Waals surface area (Å²) in [5.74, 6) is 0.844. The van der Waals surface area contributed by atoms with Gasteiger partial charge in [-0.1, -0.05) is 27.2 Å². The van der Waals surface area contributed by atoms with Gasteiger partial charge in [-0.25, -0.2) is 4.79 Å². The molecular weight excluding hydrogens is 414 g/mol. The highest BCUT2D eigenvalue weighted by Gasteiger charge is 2.35. The molecule has 2 aromatic rings. The molecule has 3 rings (SSSR count). The fourth-order valence-corrected chi connectivity index (χ4v) is 5.37. The minimum atomic E-state index is -0.413. The molecule has 1 aromatic heterocycles. The number of hydrogen-bond donors (Lipinski definition) is 1. The average Bonchev–Trinajstić information content (AvgIpc) is 3.14. The quantitative estimate of drug-likeness (QED) is 0.582. The highest BCUT2D eigenvalue weighted by atomic mass is 32.1. The molecule has 1 amide bonds. The first-order valence-corrected chi connectivity index (χ1v) is 11.3. The number of fused-ring (bicyclic) bond motifs is 1. The fourth-order valence-electron chi connectivity index (χ4n) is 4.06. The average molecular weight is 446 g/mol. The number of amides is 1. The molecule has 1 atom stereocenters. The summed E-state index contributed by atoms with van der Waals surface area (Å²) >= 11 is 1.48. The molecule has 168 valence electrons. The Morgan fingerprint density at radius 1 is 1.13 bits per heavy atom. The molecule has 0 aliphatic heterocycles. The zero-order chi connectivity index (χ0) is 22.8. The van der Waals surface area contributed by atoms with Crippen LogP contribution in [-0.4, -0.2) is 33.2 Å². The van der Waals surface area contributed by atoms with Crippen LogP contribution in [0.2, 0.25) is 0 Å². The van der Waals surface area contributed by atoms with E-state index >= 15 is 0 Å². The van der Waals surface area contributed by atoms with Crippen molar-refractivity contribution in [1.29, 1.82) is 0 Å². The maximum absolute atomic E-state index is 13.0. The van der Waals surface area contributed by atoms with Crippen LogP contribution in [-0.2, 0) is 17.6 Å². The first kappa shape index (κ1) is 23.1. The summed E-state index contributed by atoms with van der Waals surface area (Å²) < 4.78 is 15.6. The molecule has 0 radical (unpaired) electrons. The molecule has 0 bridgehead atoms. The van der Waals surface area contributed by atoms with E-state index < -0.39 is 5.97 Å². The molecule has 1 unspecified atom stereocenters. The number of benzene rings is 1. The van der Waals surface area contributed by atoms with Gasteiger partial charge >= 0.3 is 5.97 Å². The monoisotopic (exact) mass is 445 g/mol. The van der Waals surface area contributed by atoms with E-state index in [-0.39, 0.29) is 11.3 Å². The predicted octanol–water partition coefficient (Wildman–Crippen LogP) is 5.35. The summed E-state index contributed by atoms with van der Waals surface area (Å²) in [5.41, 5.74) is 2.12. The van der Waals surface area contributed by atoms with Crippen LogP contribution < -0.4 is 14.8 Å². The van der Waals surface area contributed by atoms with Gasteiger partial charge in [-0.3, -0.25) is 4.79 Å². The second-order valence-corrected chi connectivity index (χ2v) is 9.64. The first-order valence-electron chi connectivity index (χ1n) is 10.5. The maximum Gasteiger partial charge on any atom is 0.341 e. The normalized spacial score (nSPS) is 15.7. The third-order valence-corrected chi connectivity index (χ3v) is 7.68. The van der Waals surface area contributed by atoms with Crippen LogP contribution in [0.25, 0.3) is 0 Å². The number of carbonyl (C=O) groups is 2. The lowest BCUT2D eigenvalue weighted by Crippen LogP contribution is -2.28. The molecule has 1 aliphatic rings. The number of carbonyl (C=O) groups excluding carboxylic acids is 2. The van der Waals surface area contributed by atoms with Gasteiger partial charge in [0.2, 0.25) is 0 Å².